The fraction of sp³-hybridized carbons (Fsp3) is 0.500. The molecule has 1 fully saturated rings. The lowest BCUT2D eigenvalue weighted by Gasteiger charge is -2.31. The fourth-order valence-electron chi connectivity index (χ4n) is 2.13. The molecule has 7 heteroatoms. The Hall–Kier alpha value is 0.190. The largest absolute Gasteiger partial charge is 0.243 e. The molecule has 1 aromatic carbocycles. The van der Waals surface area contributed by atoms with Gasteiger partial charge in [0.2, 0.25) is 10.0 Å². The van der Waals surface area contributed by atoms with E-state index in [1.165, 1.54) is 12.1 Å². The van der Waals surface area contributed by atoms with Gasteiger partial charge in [0.25, 0.3) is 0 Å². The Morgan fingerprint density at radius 2 is 1.84 bits per heavy atom. The van der Waals surface area contributed by atoms with E-state index in [4.69, 9.17) is 23.2 Å². The van der Waals surface area contributed by atoms with Crippen LogP contribution in [0.3, 0.4) is 0 Å². The molecule has 1 aromatic rings. The molecule has 19 heavy (non-hydrogen) atoms. The molecule has 1 aliphatic rings. The van der Waals surface area contributed by atoms with Crippen LogP contribution in [-0.2, 0) is 10.0 Å². The second-order valence-corrected chi connectivity index (χ2v) is 8.18. The highest BCUT2D eigenvalue weighted by molar-refractivity contribution is 9.10. The predicted octanol–water partition coefficient (Wildman–Crippen LogP) is 4.22. The van der Waals surface area contributed by atoms with Crippen LogP contribution in [0.15, 0.2) is 21.5 Å². The van der Waals surface area contributed by atoms with Gasteiger partial charge in [0.05, 0.1) is 10.0 Å². The third-order valence-corrected chi connectivity index (χ3v) is 6.37. The lowest BCUT2D eigenvalue weighted by molar-refractivity contribution is 0.260. The van der Waals surface area contributed by atoms with Gasteiger partial charge in [0.15, 0.2) is 0 Å². The van der Waals surface area contributed by atoms with Gasteiger partial charge in [-0.2, -0.15) is 0 Å². The number of rotatable bonds is 4. The molecule has 3 nitrogen and oxygen atoms in total. The van der Waals surface area contributed by atoms with Crippen molar-refractivity contribution in [2.75, 3.05) is 0 Å². The maximum atomic E-state index is 12.3. The number of halogens is 3. The predicted molar refractivity (Wildman–Crippen MR) is 81.3 cm³/mol. The minimum atomic E-state index is -3.69. The van der Waals surface area contributed by atoms with Crippen LogP contribution >= 0.6 is 39.1 Å². The van der Waals surface area contributed by atoms with Crippen LogP contribution in [0.5, 0.6) is 0 Å². The van der Waals surface area contributed by atoms with E-state index in [2.05, 4.69) is 20.7 Å². The third-order valence-electron chi connectivity index (χ3n) is 3.43. The molecular weight excluding hydrogens is 373 g/mol. The molecule has 0 amide bonds. The number of benzene rings is 1. The normalized spacial score (nSPS) is 18.1. The molecule has 106 valence electrons. The zero-order valence-corrected chi connectivity index (χ0v) is 14.2. The van der Waals surface area contributed by atoms with E-state index in [1.807, 2.05) is 6.92 Å². The molecule has 0 radical (unpaired) electrons. The second kappa shape index (κ2) is 5.90. The highest BCUT2D eigenvalue weighted by Crippen LogP contribution is 2.34. The monoisotopic (exact) mass is 385 g/mol. The minimum Gasteiger partial charge on any atom is -0.208 e. The van der Waals surface area contributed by atoms with Crippen LogP contribution < -0.4 is 4.72 Å². The zero-order valence-electron chi connectivity index (χ0n) is 10.3. The van der Waals surface area contributed by atoms with Crippen molar-refractivity contribution in [3.8, 4) is 0 Å². The summed E-state index contributed by atoms with van der Waals surface area (Å²) in [6.45, 7) is 1.88. The van der Waals surface area contributed by atoms with Gasteiger partial charge < -0.3 is 0 Å². The molecule has 2 rings (SSSR count). The average Bonchev–Trinajstić information content (AvgIpc) is 2.09. The summed E-state index contributed by atoms with van der Waals surface area (Å²) < 4.78 is 28.0. The van der Waals surface area contributed by atoms with Crippen molar-refractivity contribution in [2.24, 2.45) is 5.92 Å². The SMILES string of the molecule is CC(NS(=O)(=O)c1c(Cl)cc(Br)cc1Cl)C1CCC1. The van der Waals surface area contributed by atoms with Gasteiger partial charge in [0.1, 0.15) is 4.90 Å². The summed E-state index contributed by atoms with van der Waals surface area (Å²) in [6.07, 6.45) is 3.29. The summed E-state index contributed by atoms with van der Waals surface area (Å²) in [5.74, 6) is 0.405. The first-order valence-corrected chi connectivity index (χ1v) is 9.01. The van der Waals surface area contributed by atoms with Gasteiger partial charge in [0, 0.05) is 10.5 Å². The summed E-state index contributed by atoms with van der Waals surface area (Å²) in [7, 11) is -3.69. The number of hydrogen-bond donors (Lipinski definition) is 1. The fourth-order valence-corrected chi connectivity index (χ4v) is 5.37. The molecule has 1 aliphatic carbocycles. The standard InChI is InChI=1S/C12H14BrCl2NO2S/c1-7(8-3-2-4-8)16-19(17,18)12-10(14)5-9(13)6-11(12)15/h5-8,16H,2-4H2,1H3. The van der Waals surface area contributed by atoms with Gasteiger partial charge >= 0.3 is 0 Å². The van der Waals surface area contributed by atoms with Gasteiger partial charge in [-0.05, 0) is 37.8 Å². The number of nitrogens with one attached hydrogen (secondary N) is 1. The van der Waals surface area contributed by atoms with Gasteiger partial charge in [-0.1, -0.05) is 45.6 Å². The lowest BCUT2D eigenvalue weighted by atomic mass is 9.81. The Morgan fingerprint density at radius 3 is 2.26 bits per heavy atom. The van der Waals surface area contributed by atoms with Gasteiger partial charge in [-0.15, -0.1) is 0 Å². The number of sulfonamides is 1. The molecule has 1 atom stereocenters. The van der Waals surface area contributed by atoms with Crippen LogP contribution in [0.2, 0.25) is 10.0 Å². The van der Waals surface area contributed by atoms with E-state index in [0.29, 0.717) is 10.4 Å². The van der Waals surface area contributed by atoms with Crippen LogP contribution in [0, 0.1) is 5.92 Å². The van der Waals surface area contributed by atoms with Gasteiger partial charge in [-0.3, -0.25) is 0 Å². The Balaban J connectivity index is 2.29. The summed E-state index contributed by atoms with van der Waals surface area (Å²) in [5.41, 5.74) is 0. The zero-order chi connectivity index (χ0) is 14.2. The number of hydrogen-bond acceptors (Lipinski definition) is 2. The van der Waals surface area contributed by atoms with E-state index < -0.39 is 10.0 Å². The molecule has 0 bridgehead atoms. The van der Waals surface area contributed by atoms with Crippen molar-refractivity contribution in [3.05, 3.63) is 26.7 Å². The Morgan fingerprint density at radius 1 is 1.32 bits per heavy atom. The smallest absolute Gasteiger partial charge is 0.208 e. The first kappa shape index (κ1) is 15.6. The summed E-state index contributed by atoms with van der Waals surface area (Å²) in [5, 5.41) is 0.236. The van der Waals surface area contributed by atoms with Crippen LogP contribution in [-0.4, -0.2) is 14.5 Å². The van der Waals surface area contributed by atoms with E-state index in [-0.39, 0.29) is 21.0 Å². The molecule has 1 N–H and O–H groups in total. The first-order chi connectivity index (χ1) is 8.81. The molecule has 1 unspecified atom stereocenters. The first-order valence-electron chi connectivity index (χ1n) is 5.98. The Bertz CT molecular complexity index is 564. The summed E-state index contributed by atoms with van der Waals surface area (Å²) in [4.78, 5) is -0.0507. The van der Waals surface area contributed by atoms with E-state index >= 15 is 0 Å². The molecule has 1 saturated carbocycles. The van der Waals surface area contributed by atoms with Crippen molar-refractivity contribution in [1.29, 1.82) is 0 Å². The van der Waals surface area contributed by atoms with E-state index in [9.17, 15) is 8.42 Å². The third kappa shape index (κ3) is 3.45. The topological polar surface area (TPSA) is 46.2 Å². The van der Waals surface area contributed by atoms with Gasteiger partial charge in [-0.25, -0.2) is 13.1 Å². The van der Waals surface area contributed by atoms with Crippen molar-refractivity contribution < 1.29 is 8.42 Å². The van der Waals surface area contributed by atoms with Crippen LogP contribution in [0.25, 0.3) is 0 Å². The van der Waals surface area contributed by atoms with E-state index in [0.717, 1.165) is 19.3 Å². The highest BCUT2D eigenvalue weighted by atomic mass is 79.9. The minimum absolute atomic E-state index is 0.0507. The summed E-state index contributed by atoms with van der Waals surface area (Å²) >= 11 is 15.2. The van der Waals surface area contributed by atoms with Crippen molar-refractivity contribution in [1.82, 2.24) is 4.72 Å². The van der Waals surface area contributed by atoms with Crippen molar-refractivity contribution >= 4 is 49.2 Å². The molecule has 0 aliphatic heterocycles. The molecule has 0 heterocycles. The maximum absolute atomic E-state index is 12.3. The Labute approximate surface area is 131 Å². The van der Waals surface area contributed by atoms with Crippen LogP contribution in [0.1, 0.15) is 26.2 Å². The lowest BCUT2D eigenvalue weighted by Crippen LogP contribution is -2.40. The second-order valence-electron chi connectivity index (χ2n) is 4.80. The quantitative estimate of drug-likeness (QED) is 0.841. The van der Waals surface area contributed by atoms with E-state index in [1.54, 1.807) is 0 Å². The average molecular weight is 387 g/mol. The van der Waals surface area contributed by atoms with Crippen LogP contribution in [0.4, 0.5) is 0 Å². The molecule has 0 saturated heterocycles. The van der Waals surface area contributed by atoms with Crippen molar-refractivity contribution in [2.45, 2.75) is 37.1 Å². The maximum Gasteiger partial charge on any atom is 0.243 e. The van der Waals surface area contributed by atoms with Crippen molar-refractivity contribution in [3.63, 3.8) is 0 Å². The molecular formula is C12H14BrCl2NO2S. The molecule has 0 spiro atoms. The molecule has 0 aromatic heterocycles. The summed E-state index contributed by atoms with van der Waals surface area (Å²) in [6, 6.07) is 2.95. The Kier molecular flexibility index (Phi) is 4.83. The highest BCUT2D eigenvalue weighted by Gasteiger charge is 2.30.